The number of halogens is 1. The number of oxazole rings is 1. The molecule has 1 heterocycles. The predicted molar refractivity (Wildman–Crippen MR) is 112 cm³/mol. The first-order chi connectivity index (χ1) is 12.6. The number of aryl methyl sites for hydroxylation is 1. The molecular weight excluding hydrogens is 439 g/mol. The van der Waals surface area contributed by atoms with Gasteiger partial charge in [-0.15, -0.1) is 0 Å². The fraction of sp³-hybridized carbons (Fsp3) is 0.0476. The molecule has 0 atom stereocenters. The second kappa shape index (κ2) is 6.92. The maximum absolute atomic E-state index is 10.4. The number of aromatic nitrogens is 1. The molecule has 128 valence electrons. The molecule has 1 aromatic heterocycles. The first-order valence-electron chi connectivity index (χ1n) is 8.09. The van der Waals surface area contributed by atoms with Crippen LogP contribution in [0, 0.1) is 10.5 Å². The van der Waals surface area contributed by atoms with E-state index in [-0.39, 0.29) is 5.75 Å². The van der Waals surface area contributed by atoms with Crippen LogP contribution in [0.2, 0.25) is 0 Å². The van der Waals surface area contributed by atoms with E-state index in [1.807, 2.05) is 55.5 Å². The van der Waals surface area contributed by atoms with Crippen LogP contribution >= 0.6 is 22.6 Å². The normalized spacial score (nSPS) is 11.5. The molecule has 4 nitrogen and oxygen atoms in total. The second-order valence-corrected chi connectivity index (χ2v) is 7.25. The van der Waals surface area contributed by atoms with Crippen LogP contribution in [0.5, 0.6) is 5.75 Å². The zero-order valence-electron chi connectivity index (χ0n) is 14.0. The van der Waals surface area contributed by atoms with Gasteiger partial charge >= 0.3 is 0 Å². The summed E-state index contributed by atoms with van der Waals surface area (Å²) in [4.78, 5) is 8.90. The lowest BCUT2D eigenvalue weighted by Crippen LogP contribution is -1.82. The van der Waals surface area contributed by atoms with E-state index < -0.39 is 0 Å². The van der Waals surface area contributed by atoms with E-state index in [9.17, 15) is 5.11 Å². The Kier molecular flexibility index (Phi) is 4.46. The third-order valence-corrected chi connectivity index (χ3v) is 4.64. The number of rotatable bonds is 3. The molecule has 0 radical (unpaired) electrons. The Balaban J connectivity index is 1.64. The minimum atomic E-state index is 0.0885. The van der Waals surface area contributed by atoms with Crippen LogP contribution in [0.1, 0.15) is 11.1 Å². The first kappa shape index (κ1) is 16.8. The summed E-state index contributed by atoms with van der Waals surface area (Å²) in [6.45, 7) is 2.01. The smallest absolute Gasteiger partial charge is 0.231 e. The highest BCUT2D eigenvalue weighted by molar-refractivity contribution is 14.1. The van der Waals surface area contributed by atoms with E-state index in [1.165, 1.54) is 0 Å². The van der Waals surface area contributed by atoms with Gasteiger partial charge in [-0.05, 0) is 77.0 Å². The van der Waals surface area contributed by atoms with Crippen molar-refractivity contribution in [3.63, 3.8) is 0 Å². The van der Waals surface area contributed by atoms with Crippen molar-refractivity contribution in [1.29, 1.82) is 0 Å². The van der Waals surface area contributed by atoms with Crippen molar-refractivity contribution in [2.45, 2.75) is 6.92 Å². The molecule has 26 heavy (non-hydrogen) atoms. The Bertz CT molecular complexity index is 1130. The molecule has 0 aliphatic rings. The second-order valence-electron chi connectivity index (χ2n) is 6.00. The lowest BCUT2D eigenvalue weighted by Gasteiger charge is -2.01. The van der Waals surface area contributed by atoms with Crippen LogP contribution in [0.4, 0.5) is 5.69 Å². The highest BCUT2D eigenvalue weighted by Gasteiger charge is 2.12. The number of phenols is 1. The number of hydrogen-bond acceptors (Lipinski definition) is 4. The van der Waals surface area contributed by atoms with Crippen LogP contribution in [0.15, 0.2) is 70.1 Å². The molecule has 0 fully saturated rings. The Hall–Kier alpha value is -2.67. The van der Waals surface area contributed by atoms with Crippen molar-refractivity contribution in [2.75, 3.05) is 0 Å². The summed E-state index contributed by atoms with van der Waals surface area (Å²) in [7, 11) is 0. The number of aliphatic imine (C=N–C) groups is 1. The summed E-state index contributed by atoms with van der Waals surface area (Å²) in [5, 5.41) is 10.4. The molecule has 0 amide bonds. The van der Waals surface area contributed by atoms with Crippen molar-refractivity contribution >= 4 is 45.6 Å². The molecule has 0 unspecified atom stereocenters. The zero-order chi connectivity index (χ0) is 18.1. The number of nitrogens with zero attached hydrogens (tertiary/aromatic N) is 2. The summed E-state index contributed by atoms with van der Waals surface area (Å²) >= 11 is 2.26. The fourth-order valence-corrected chi connectivity index (χ4v) is 3.24. The van der Waals surface area contributed by atoms with Gasteiger partial charge in [-0.25, -0.2) is 4.98 Å². The van der Waals surface area contributed by atoms with Crippen LogP contribution in [-0.4, -0.2) is 16.3 Å². The van der Waals surface area contributed by atoms with Crippen LogP contribution < -0.4 is 0 Å². The van der Waals surface area contributed by atoms with Gasteiger partial charge in [-0.3, -0.25) is 4.99 Å². The topological polar surface area (TPSA) is 58.6 Å². The van der Waals surface area contributed by atoms with Gasteiger partial charge < -0.3 is 9.52 Å². The van der Waals surface area contributed by atoms with E-state index in [0.717, 1.165) is 20.2 Å². The van der Waals surface area contributed by atoms with E-state index in [1.54, 1.807) is 18.3 Å². The molecule has 3 aromatic carbocycles. The van der Waals surface area contributed by atoms with Crippen molar-refractivity contribution in [3.05, 3.63) is 75.4 Å². The van der Waals surface area contributed by atoms with Crippen molar-refractivity contribution in [3.8, 4) is 17.2 Å². The molecule has 4 rings (SSSR count). The third-order valence-electron chi connectivity index (χ3n) is 3.97. The Morgan fingerprint density at radius 1 is 1.08 bits per heavy atom. The van der Waals surface area contributed by atoms with Gasteiger partial charge in [0.1, 0.15) is 11.3 Å². The highest BCUT2D eigenvalue weighted by atomic mass is 127. The highest BCUT2D eigenvalue weighted by Crippen LogP contribution is 2.34. The van der Waals surface area contributed by atoms with Gasteiger partial charge in [0, 0.05) is 15.9 Å². The third kappa shape index (κ3) is 3.48. The van der Waals surface area contributed by atoms with Gasteiger partial charge in [-0.2, -0.15) is 0 Å². The molecule has 0 bridgehead atoms. The predicted octanol–water partition coefficient (Wildman–Crippen LogP) is 5.86. The van der Waals surface area contributed by atoms with Crippen LogP contribution in [-0.2, 0) is 0 Å². The summed E-state index contributed by atoms with van der Waals surface area (Å²) < 4.78 is 6.91. The summed E-state index contributed by atoms with van der Waals surface area (Å²) in [5.74, 6) is 0.488. The monoisotopic (exact) mass is 454 g/mol. The van der Waals surface area contributed by atoms with Gasteiger partial charge in [0.05, 0.1) is 11.3 Å². The lowest BCUT2D eigenvalue weighted by molar-refractivity contribution is 0.474. The standard InChI is InChI=1S/C21H15IN2O2/c1-13-5-8-20-18(9-13)24-21(26-20)17-7-6-16(11-19(17)25)23-12-14-3-2-4-15(22)10-14/h2-12,25H,1H3. The molecule has 0 spiro atoms. The van der Waals surface area contributed by atoms with E-state index in [4.69, 9.17) is 4.42 Å². The number of phenolic OH excluding ortho intramolecular Hbond substituents is 1. The van der Waals surface area contributed by atoms with Gasteiger partial charge in [0.25, 0.3) is 0 Å². The molecule has 4 aromatic rings. The van der Waals surface area contributed by atoms with E-state index in [2.05, 4.69) is 32.6 Å². The van der Waals surface area contributed by atoms with Gasteiger partial charge in [0.15, 0.2) is 5.58 Å². The van der Waals surface area contributed by atoms with Crippen LogP contribution in [0.3, 0.4) is 0 Å². The molecule has 5 heteroatoms. The molecular formula is C21H15IN2O2. The molecule has 0 saturated carbocycles. The van der Waals surface area contributed by atoms with Crippen molar-refractivity contribution < 1.29 is 9.52 Å². The minimum absolute atomic E-state index is 0.0885. The van der Waals surface area contributed by atoms with E-state index >= 15 is 0 Å². The largest absolute Gasteiger partial charge is 0.507 e. The summed E-state index contributed by atoms with van der Waals surface area (Å²) in [5.41, 5.74) is 4.81. The van der Waals surface area contributed by atoms with Crippen molar-refractivity contribution in [1.82, 2.24) is 4.98 Å². The fourth-order valence-electron chi connectivity index (χ4n) is 2.67. The lowest BCUT2D eigenvalue weighted by atomic mass is 10.2. The molecule has 0 aliphatic heterocycles. The maximum atomic E-state index is 10.4. The average Bonchev–Trinajstić information content (AvgIpc) is 3.03. The Morgan fingerprint density at radius 3 is 2.77 bits per heavy atom. The van der Waals surface area contributed by atoms with Gasteiger partial charge in [-0.1, -0.05) is 18.2 Å². The van der Waals surface area contributed by atoms with Crippen LogP contribution in [0.25, 0.3) is 22.6 Å². The summed E-state index contributed by atoms with van der Waals surface area (Å²) in [6, 6.07) is 19.1. The number of fused-ring (bicyclic) bond motifs is 1. The maximum Gasteiger partial charge on any atom is 0.231 e. The quantitative estimate of drug-likeness (QED) is 0.312. The number of aromatic hydroxyl groups is 1. The SMILES string of the molecule is Cc1ccc2oc(-c3ccc(N=Cc4cccc(I)c4)cc3O)nc2c1. The molecule has 0 saturated heterocycles. The molecule has 0 aliphatic carbocycles. The molecule has 1 N–H and O–H groups in total. The average molecular weight is 454 g/mol. The number of hydrogen-bond donors (Lipinski definition) is 1. The van der Waals surface area contributed by atoms with Gasteiger partial charge in [0.2, 0.25) is 5.89 Å². The Labute approximate surface area is 164 Å². The minimum Gasteiger partial charge on any atom is -0.507 e. The number of benzene rings is 3. The van der Waals surface area contributed by atoms with E-state index in [0.29, 0.717) is 22.7 Å². The summed E-state index contributed by atoms with van der Waals surface area (Å²) in [6.07, 6.45) is 1.78. The first-order valence-corrected chi connectivity index (χ1v) is 9.16. The van der Waals surface area contributed by atoms with Crippen molar-refractivity contribution in [2.24, 2.45) is 4.99 Å². The Morgan fingerprint density at radius 2 is 1.96 bits per heavy atom. The zero-order valence-corrected chi connectivity index (χ0v) is 16.1.